The zero-order chi connectivity index (χ0) is 15.2. The number of likely N-dealkylation sites (N-methyl/N-ethyl adjacent to an activating group) is 1. The van der Waals surface area contributed by atoms with Crippen LogP contribution in [-0.4, -0.2) is 33.9 Å². The quantitative estimate of drug-likeness (QED) is 0.818. The largest absolute Gasteiger partial charge is 0.456 e. The Kier molecular flexibility index (Phi) is 4.65. The van der Waals surface area contributed by atoms with Crippen molar-refractivity contribution in [2.24, 2.45) is 0 Å². The van der Waals surface area contributed by atoms with Gasteiger partial charge in [-0.05, 0) is 12.5 Å². The molecule has 0 aliphatic carbocycles. The number of aromatic nitrogens is 3. The van der Waals surface area contributed by atoms with Gasteiger partial charge in [0.15, 0.2) is 5.69 Å². The molecule has 110 valence electrons. The summed E-state index contributed by atoms with van der Waals surface area (Å²) in [5, 5.41) is 10.0. The lowest BCUT2D eigenvalue weighted by Gasteiger charge is -2.04. The van der Waals surface area contributed by atoms with Crippen molar-refractivity contribution in [1.29, 1.82) is 0 Å². The average molecular weight is 288 g/mol. The highest BCUT2D eigenvalue weighted by Crippen LogP contribution is 2.08. The number of esters is 1. The van der Waals surface area contributed by atoms with Gasteiger partial charge in [-0.1, -0.05) is 35.5 Å². The van der Waals surface area contributed by atoms with Crippen LogP contribution in [0.15, 0.2) is 30.3 Å². The van der Waals surface area contributed by atoms with E-state index in [2.05, 4.69) is 15.6 Å². The normalized spacial score (nSPS) is 10.2. The summed E-state index contributed by atoms with van der Waals surface area (Å²) in [6.07, 6.45) is 0. The van der Waals surface area contributed by atoms with Gasteiger partial charge >= 0.3 is 5.97 Å². The van der Waals surface area contributed by atoms with Crippen molar-refractivity contribution in [1.82, 2.24) is 20.3 Å². The number of rotatable bonds is 5. The van der Waals surface area contributed by atoms with Gasteiger partial charge in [0.05, 0.1) is 5.69 Å². The predicted molar refractivity (Wildman–Crippen MR) is 74.4 cm³/mol. The summed E-state index contributed by atoms with van der Waals surface area (Å²) in [7, 11) is 1.53. The van der Waals surface area contributed by atoms with Gasteiger partial charge in [0.25, 0.3) is 0 Å². The second-order valence-corrected chi connectivity index (χ2v) is 4.42. The minimum absolute atomic E-state index is 0.0152. The highest BCUT2D eigenvalue weighted by atomic mass is 16.5. The van der Waals surface area contributed by atoms with E-state index in [0.717, 1.165) is 5.56 Å². The molecule has 1 heterocycles. The maximum Gasteiger partial charge on any atom is 0.361 e. The van der Waals surface area contributed by atoms with Crippen LogP contribution < -0.4 is 5.32 Å². The van der Waals surface area contributed by atoms with Crippen LogP contribution in [-0.2, 0) is 22.7 Å². The average Bonchev–Trinajstić information content (AvgIpc) is 2.87. The Morgan fingerprint density at radius 3 is 2.67 bits per heavy atom. The van der Waals surface area contributed by atoms with Crippen LogP contribution >= 0.6 is 0 Å². The third kappa shape index (κ3) is 3.65. The van der Waals surface area contributed by atoms with E-state index in [4.69, 9.17) is 4.74 Å². The van der Waals surface area contributed by atoms with E-state index in [1.807, 2.05) is 30.3 Å². The molecule has 1 amide bonds. The summed E-state index contributed by atoms with van der Waals surface area (Å²) < 4.78 is 6.54. The summed E-state index contributed by atoms with van der Waals surface area (Å²) in [6.45, 7) is 1.85. The molecule has 1 N–H and O–H groups in total. The van der Waals surface area contributed by atoms with Crippen molar-refractivity contribution in [2.45, 2.75) is 20.1 Å². The number of ether oxygens (including phenoxy) is 1. The Morgan fingerprint density at radius 2 is 2.00 bits per heavy atom. The summed E-state index contributed by atoms with van der Waals surface area (Å²) in [4.78, 5) is 23.3. The number of carbonyl (C=O) groups is 2. The molecule has 0 unspecified atom stereocenters. The first kappa shape index (κ1) is 14.7. The second kappa shape index (κ2) is 6.65. The van der Waals surface area contributed by atoms with E-state index < -0.39 is 5.97 Å². The van der Waals surface area contributed by atoms with Crippen LogP contribution in [0.2, 0.25) is 0 Å². The smallest absolute Gasteiger partial charge is 0.361 e. The second-order valence-electron chi connectivity index (χ2n) is 4.42. The molecular weight excluding hydrogens is 272 g/mol. The Morgan fingerprint density at radius 1 is 1.29 bits per heavy atom. The fourth-order valence-corrected chi connectivity index (χ4v) is 1.71. The first-order chi connectivity index (χ1) is 10.1. The van der Waals surface area contributed by atoms with E-state index >= 15 is 0 Å². The van der Waals surface area contributed by atoms with Gasteiger partial charge < -0.3 is 10.1 Å². The first-order valence-electron chi connectivity index (χ1n) is 6.43. The lowest BCUT2D eigenvalue weighted by Crippen LogP contribution is -2.24. The van der Waals surface area contributed by atoms with Crippen molar-refractivity contribution >= 4 is 11.9 Å². The SMILES string of the molecule is CNC(=O)Cn1nnc(C(=O)OCc2ccccc2)c1C. The first-order valence-corrected chi connectivity index (χ1v) is 6.43. The molecule has 7 nitrogen and oxygen atoms in total. The molecule has 0 bridgehead atoms. The molecule has 0 saturated carbocycles. The Labute approximate surface area is 121 Å². The topological polar surface area (TPSA) is 86.1 Å². The molecule has 7 heteroatoms. The lowest BCUT2D eigenvalue weighted by atomic mass is 10.2. The fraction of sp³-hybridized carbons (Fsp3) is 0.286. The zero-order valence-electron chi connectivity index (χ0n) is 11.9. The van der Waals surface area contributed by atoms with Gasteiger partial charge in [0, 0.05) is 7.05 Å². The van der Waals surface area contributed by atoms with Gasteiger partial charge in [-0.15, -0.1) is 5.10 Å². The minimum atomic E-state index is -0.556. The van der Waals surface area contributed by atoms with Crippen molar-refractivity contribution in [3.8, 4) is 0 Å². The van der Waals surface area contributed by atoms with E-state index in [1.165, 1.54) is 11.7 Å². The van der Waals surface area contributed by atoms with Gasteiger partial charge in [-0.2, -0.15) is 0 Å². The number of carbonyl (C=O) groups excluding carboxylic acids is 2. The Bertz CT molecular complexity index is 637. The van der Waals surface area contributed by atoms with E-state index in [9.17, 15) is 9.59 Å². The molecule has 2 aromatic rings. The molecule has 1 aromatic carbocycles. The third-order valence-corrected chi connectivity index (χ3v) is 2.96. The van der Waals surface area contributed by atoms with Crippen molar-refractivity contribution < 1.29 is 14.3 Å². The summed E-state index contributed by atoms with van der Waals surface area (Å²) in [6, 6.07) is 9.35. The van der Waals surface area contributed by atoms with Crippen LogP contribution in [0.4, 0.5) is 0 Å². The lowest BCUT2D eigenvalue weighted by molar-refractivity contribution is -0.121. The molecule has 0 aliphatic rings. The van der Waals surface area contributed by atoms with Crippen LogP contribution in [0.5, 0.6) is 0 Å². The van der Waals surface area contributed by atoms with Crippen molar-refractivity contribution in [3.05, 3.63) is 47.3 Å². The molecule has 0 radical (unpaired) electrons. The molecular formula is C14H16N4O3. The minimum Gasteiger partial charge on any atom is -0.456 e. The number of hydrogen-bond donors (Lipinski definition) is 1. The third-order valence-electron chi connectivity index (χ3n) is 2.96. The predicted octanol–water partition coefficient (Wildman–Crippen LogP) is 0.690. The van der Waals surface area contributed by atoms with E-state index in [-0.39, 0.29) is 24.8 Å². The highest BCUT2D eigenvalue weighted by molar-refractivity contribution is 5.88. The van der Waals surface area contributed by atoms with E-state index in [0.29, 0.717) is 5.69 Å². The fourth-order valence-electron chi connectivity index (χ4n) is 1.71. The Balaban J connectivity index is 2.01. The molecule has 21 heavy (non-hydrogen) atoms. The Hall–Kier alpha value is -2.70. The maximum absolute atomic E-state index is 12.0. The van der Waals surface area contributed by atoms with Crippen molar-refractivity contribution in [2.75, 3.05) is 7.05 Å². The van der Waals surface area contributed by atoms with Crippen LogP contribution in [0.3, 0.4) is 0 Å². The zero-order valence-corrected chi connectivity index (χ0v) is 11.9. The number of benzene rings is 1. The molecule has 0 aliphatic heterocycles. The monoisotopic (exact) mass is 288 g/mol. The summed E-state index contributed by atoms with van der Waals surface area (Å²) in [5.74, 6) is -0.772. The standard InChI is InChI=1S/C14H16N4O3/c1-10-13(16-17-18(10)8-12(19)15-2)14(20)21-9-11-6-4-3-5-7-11/h3-7H,8-9H2,1-2H3,(H,15,19). The van der Waals surface area contributed by atoms with Gasteiger partial charge in [0.2, 0.25) is 5.91 Å². The molecule has 2 rings (SSSR count). The number of nitrogens with one attached hydrogen (secondary N) is 1. The van der Waals surface area contributed by atoms with Gasteiger partial charge in [-0.25, -0.2) is 9.48 Å². The van der Waals surface area contributed by atoms with Gasteiger partial charge in [-0.3, -0.25) is 4.79 Å². The number of nitrogens with zero attached hydrogens (tertiary/aromatic N) is 3. The summed E-state index contributed by atoms with van der Waals surface area (Å²) in [5.41, 5.74) is 1.51. The number of hydrogen-bond acceptors (Lipinski definition) is 5. The molecule has 0 spiro atoms. The van der Waals surface area contributed by atoms with E-state index in [1.54, 1.807) is 6.92 Å². The van der Waals surface area contributed by atoms with Crippen LogP contribution in [0.25, 0.3) is 0 Å². The summed E-state index contributed by atoms with van der Waals surface area (Å²) >= 11 is 0. The number of amides is 1. The molecule has 0 atom stereocenters. The molecule has 1 aromatic heterocycles. The molecule has 0 saturated heterocycles. The van der Waals surface area contributed by atoms with Crippen LogP contribution in [0.1, 0.15) is 21.7 Å². The van der Waals surface area contributed by atoms with Crippen molar-refractivity contribution in [3.63, 3.8) is 0 Å². The van der Waals surface area contributed by atoms with Gasteiger partial charge in [0.1, 0.15) is 13.2 Å². The highest BCUT2D eigenvalue weighted by Gasteiger charge is 2.18. The van der Waals surface area contributed by atoms with Crippen LogP contribution in [0, 0.1) is 6.92 Å². The maximum atomic E-state index is 12.0. The molecule has 0 fully saturated rings.